The van der Waals surface area contributed by atoms with Crippen LogP contribution in [0.3, 0.4) is 0 Å². The zero-order chi connectivity index (χ0) is 13.2. The summed E-state index contributed by atoms with van der Waals surface area (Å²) in [4.78, 5) is 0. The summed E-state index contributed by atoms with van der Waals surface area (Å²) < 4.78 is 1.18. The minimum absolute atomic E-state index is 0.573. The average Bonchev–Trinajstić information content (AvgIpc) is 3.04. The fourth-order valence-electron chi connectivity index (χ4n) is 4.19. The normalized spacial score (nSPS) is 30.7. The molecule has 0 radical (unpaired) electrons. The maximum Gasteiger partial charge on any atom is 0.0351 e. The van der Waals surface area contributed by atoms with Crippen molar-refractivity contribution in [1.29, 1.82) is 0 Å². The molecule has 19 heavy (non-hydrogen) atoms. The molecule has 0 spiro atoms. The fourth-order valence-corrected chi connectivity index (χ4v) is 4.45. The summed E-state index contributed by atoms with van der Waals surface area (Å²) in [5.74, 6) is 2.87. The van der Waals surface area contributed by atoms with Gasteiger partial charge >= 0.3 is 0 Å². The van der Waals surface area contributed by atoms with Crippen molar-refractivity contribution in [2.45, 2.75) is 45.1 Å². The number of fused-ring (bicyclic) bond motifs is 2. The zero-order valence-electron chi connectivity index (χ0n) is 11.7. The highest BCUT2D eigenvalue weighted by Crippen LogP contribution is 2.52. The first kappa shape index (κ1) is 13.6. The van der Waals surface area contributed by atoms with Crippen molar-refractivity contribution in [3.63, 3.8) is 0 Å². The van der Waals surface area contributed by atoms with E-state index in [-0.39, 0.29) is 0 Å². The van der Waals surface area contributed by atoms with Gasteiger partial charge in [0.05, 0.1) is 0 Å². The van der Waals surface area contributed by atoms with Gasteiger partial charge in [0.1, 0.15) is 0 Å². The predicted octanol–water partition coefficient (Wildman–Crippen LogP) is 4.93. The van der Waals surface area contributed by atoms with Gasteiger partial charge in [-0.3, -0.25) is 0 Å². The number of nitrogens with one attached hydrogen (secondary N) is 1. The number of benzene rings is 1. The lowest BCUT2D eigenvalue weighted by molar-refractivity contribution is 0.251. The van der Waals surface area contributed by atoms with E-state index in [2.05, 4.69) is 52.4 Å². The molecule has 1 nitrogen and oxygen atoms in total. The molecule has 2 fully saturated rings. The third-order valence-corrected chi connectivity index (χ3v) is 5.59. The van der Waals surface area contributed by atoms with Gasteiger partial charge in [-0.2, -0.15) is 0 Å². The monoisotopic (exact) mass is 321 g/mol. The average molecular weight is 322 g/mol. The molecule has 2 aliphatic carbocycles. The molecule has 1 N–H and O–H groups in total. The fraction of sp³-hybridized carbons (Fsp3) is 0.647. The van der Waals surface area contributed by atoms with Crippen LogP contribution in [0.1, 0.15) is 50.6 Å². The van der Waals surface area contributed by atoms with Crippen molar-refractivity contribution in [3.05, 3.63) is 34.3 Å². The Morgan fingerprint density at radius 1 is 1.21 bits per heavy atom. The van der Waals surface area contributed by atoms with Crippen LogP contribution in [0.15, 0.2) is 28.7 Å². The van der Waals surface area contributed by atoms with Gasteiger partial charge in [-0.25, -0.2) is 0 Å². The summed E-state index contributed by atoms with van der Waals surface area (Å²) >= 11 is 3.54. The summed E-state index contributed by atoms with van der Waals surface area (Å²) in [5, 5.41) is 3.82. The van der Waals surface area contributed by atoms with E-state index in [1.807, 2.05) is 0 Å². The second-order valence-corrected chi connectivity index (χ2v) is 7.24. The van der Waals surface area contributed by atoms with E-state index in [0.717, 1.165) is 24.3 Å². The standard InChI is InChI=1S/C17H24BrN/c1-2-9-19-17(13-5-7-15(18)8-6-13)16-11-12-3-4-14(16)10-12/h5-8,12,14,16-17,19H,2-4,9-11H2,1H3. The molecule has 2 saturated carbocycles. The van der Waals surface area contributed by atoms with Crippen LogP contribution in [0.25, 0.3) is 0 Å². The van der Waals surface area contributed by atoms with Gasteiger partial charge in [-0.15, -0.1) is 0 Å². The zero-order valence-corrected chi connectivity index (χ0v) is 13.3. The van der Waals surface area contributed by atoms with Gasteiger partial charge in [0.25, 0.3) is 0 Å². The van der Waals surface area contributed by atoms with E-state index in [1.165, 1.54) is 42.1 Å². The Balaban J connectivity index is 1.79. The largest absolute Gasteiger partial charge is 0.310 e. The number of halogens is 1. The lowest BCUT2D eigenvalue weighted by Crippen LogP contribution is -2.32. The molecule has 0 aromatic heterocycles. The van der Waals surface area contributed by atoms with Crippen molar-refractivity contribution in [1.82, 2.24) is 5.32 Å². The molecule has 1 aromatic rings. The van der Waals surface area contributed by atoms with Crippen LogP contribution in [0.5, 0.6) is 0 Å². The molecule has 3 rings (SSSR count). The Bertz CT molecular complexity index is 414. The molecular formula is C17H24BrN. The van der Waals surface area contributed by atoms with E-state index in [0.29, 0.717) is 6.04 Å². The van der Waals surface area contributed by atoms with Crippen LogP contribution in [0, 0.1) is 17.8 Å². The summed E-state index contributed by atoms with van der Waals surface area (Å²) in [6.45, 7) is 3.39. The first-order chi connectivity index (χ1) is 9.28. The van der Waals surface area contributed by atoms with Crippen LogP contribution in [-0.4, -0.2) is 6.54 Å². The van der Waals surface area contributed by atoms with Crippen LogP contribution < -0.4 is 5.32 Å². The second kappa shape index (κ2) is 5.97. The second-order valence-electron chi connectivity index (χ2n) is 6.32. The topological polar surface area (TPSA) is 12.0 Å². The molecule has 0 amide bonds. The third-order valence-electron chi connectivity index (χ3n) is 5.06. The van der Waals surface area contributed by atoms with Crippen LogP contribution >= 0.6 is 15.9 Å². The Morgan fingerprint density at radius 3 is 2.58 bits per heavy atom. The number of hydrogen-bond donors (Lipinski definition) is 1. The lowest BCUT2D eigenvalue weighted by Gasteiger charge is -2.32. The summed E-state index contributed by atoms with van der Waals surface area (Å²) in [5.41, 5.74) is 1.48. The van der Waals surface area contributed by atoms with Crippen molar-refractivity contribution >= 4 is 15.9 Å². The summed E-state index contributed by atoms with van der Waals surface area (Å²) in [7, 11) is 0. The van der Waals surface area contributed by atoms with Crippen molar-refractivity contribution in [2.75, 3.05) is 6.54 Å². The first-order valence-electron chi connectivity index (χ1n) is 7.76. The molecule has 0 aliphatic heterocycles. The third kappa shape index (κ3) is 2.90. The van der Waals surface area contributed by atoms with E-state index >= 15 is 0 Å². The molecule has 4 atom stereocenters. The maximum atomic E-state index is 3.82. The Kier molecular flexibility index (Phi) is 4.28. The molecule has 104 valence electrons. The minimum Gasteiger partial charge on any atom is -0.310 e. The highest BCUT2D eigenvalue weighted by Gasteiger charge is 2.43. The SMILES string of the molecule is CCCNC(c1ccc(Br)cc1)C1CC2CCC1C2. The van der Waals surface area contributed by atoms with Gasteiger partial charge in [-0.05, 0) is 67.7 Å². The Hall–Kier alpha value is -0.340. The van der Waals surface area contributed by atoms with Crippen molar-refractivity contribution in [3.8, 4) is 0 Å². The summed E-state index contributed by atoms with van der Waals surface area (Å²) in [6, 6.07) is 9.53. The van der Waals surface area contributed by atoms with Crippen molar-refractivity contribution < 1.29 is 0 Å². The Morgan fingerprint density at radius 2 is 2.00 bits per heavy atom. The van der Waals surface area contributed by atoms with E-state index < -0.39 is 0 Å². The van der Waals surface area contributed by atoms with E-state index in [1.54, 1.807) is 0 Å². The van der Waals surface area contributed by atoms with E-state index in [4.69, 9.17) is 0 Å². The molecular weight excluding hydrogens is 298 g/mol. The van der Waals surface area contributed by atoms with Crippen LogP contribution in [-0.2, 0) is 0 Å². The van der Waals surface area contributed by atoms with E-state index in [9.17, 15) is 0 Å². The van der Waals surface area contributed by atoms with Gasteiger partial charge in [-0.1, -0.05) is 41.4 Å². The molecule has 0 saturated heterocycles. The molecule has 2 aliphatic rings. The quantitative estimate of drug-likeness (QED) is 0.811. The predicted molar refractivity (Wildman–Crippen MR) is 84.1 cm³/mol. The van der Waals surface area contributed by atoms with Gasteiger partial charge < -0.3 is 5.32 Å². The highest BCUT2D eigenvalue weighted by molar-refractivity contribution is 9.10. The van der Waals surface area contributed by atoms with Crippen LogP contribution in [0.2, 0.25) is 0 Å². The molecule has 4 unspecified atom stereocenters. The molecule has 2 heteroatoms. The van der Waals surface area contributed by atoms with Gasteiger partial charge in [0.15, 0.2) is 0 Å². The first-order valence-corrected chi connectivity index (χ1v) is 8.56. The smallest absolute Gasteiger partial charge is 0.0351 e. The Labute approximate surface area is 125 Å². The van der Waals surface area contributed by atoms with Crippen LogP contribution in [0.4, 0.5) is 0 Å². The highest BCUT2D eigenvalue weighted by atomic mass is 79.9. The number of rotatable bonds is 5. The van der Waals surface area contributed by atoms with Gasteiger partial charge in [0.2, 0.25) is 0 Å². The molecule has 2 bridgehead atoms. The maximum absolute atomic E-state index is 3.82. The lowest BCUT2D eigenvalue weighted by atomic mass is 9.80. The summed E-state index contributed by atoms with van der Waals surface area (Å²) in [6.07, 6.45) is 7.11. The van der Waals surface area contributed by atoms with Gasteiger partial charge in [0, 0.05) is 10.5 Å². The number of hydrogen-bond acceptors (Lipinski definition) is 1. The molecule has 0 heterocycles. The molecule has 1 aromatic carbocycles. The minimum atomic E-state index is 0.573. The van der Waals surface area contributed by atoms with Crippen molar-refractivity contribution in [2.24, 2.45) is 17.8 Å².